The van der Waals surface area contributed by atoms with Gasteiger partial charge in [0.2, 0.25) is 0 Å². The van der Waals surface area contributed by atoms with E-state index in [0.29, 0.717) is 12.8 Å². The van der Waals surface area contributed by atoms with Crippen LogP contribution in [-0.2, 0) is 32.7 Å². The number of ether oxygens (including phenoxy) is 2. The van der Waals surface area contributed by atoms with E-state index in [2.05, 4.69) is 38.2 Å². The fourth-order valence-corrected chi connectivity index (χ4v) is 6.78. The Kier molecular flexibility index (Phi) is 38.5. The zero-order valence-electron chi connectivity index (χ0n) is 34.4. The number of rotatable bonds is 41. The Balaban J connectivity index is 3.86. The molecule has 318 valence electrons. The van der Waals surface area contributed by atoms with Crippen molar-refractivity contribution in [2.24, 2.45) is 0 Å². The zero-order chi connectivity index (χ0) is 39.8. The molecule has 11 heteroatoms. The number of aliphatic hydroxyl groups excluding tert-OH is 2. The highest BCUT2D eigenvalue weighted by Crippen LogP contribution is 2.43. The van der Waals surface area contributed by atoms with E-state index < -0.39 is 58.4 Å². The molecule has 3 unspecified atom stereocenters. The minimum absolute atomic E-state index is 0.182. The molecule has 0 aromatic rings. The lowest BCUT2D eigenvalue weighted by atomic mass is 10.1. The van der Waals surface area contributed by atoms with Crippen LogP contribution in [0.1, 0.15) is 200 Å². The monoisotopic (exact) mass is 789 g/mol. The molecule has 0 radical (unpaired) electrons. The molecule has 0 aliphatic heterocycles. The second kappa shape index (κ2) is 39.7. The van der Waals surface area contributed by atoms with Crippen LogP contribution in [0, 0.1) is 0 Å². The SMILES string of the molecule is CCC/C=C\CCCCCCCC(=O)OC(CO)COP(=O)(O)OCC(CO)OC(=O)CCCCCCCCCCC/C=C\CCCCCCCCCC. The van der Waals surface area contributed by atoms with Crippen molar-refractivity contribution in [3.8, 4) is 0 Å². The van der Waals surface area contributed by atoms with Crippen LogP contribution < -0.4 is 0 Å². The summed E-state index contributed by atoms with van der Waals surface area (Å²) in [5, 5.41) is 19.1. The van der Waals surface area contributed by atoms with Gasteiger partial charge in [-0.25, -0.2) is 4.57 Å². The second-order valence-corrected chi connectivity index (χ2v) is 16.1. The van der Waals surface area contributed by atoms with Crippen molar-refractivity contribution in [1.29, 1.82) is 0 Å². The van der Waals surface area contributed by atoms with Gasteiger partial charge >= 0.3 is 19.8 Å². The van der Waals surface area contributed by atoms with E-state index in [9.17, 15) is 29.3 Å². The Bertz CT molecular complexity index is 957. The third-order valence-electron chi connectivity index (χ3n) is 9.37. The van der Waals surface area contributed by atoms with Gasteiger partial charge in [0.1, 0.15) is 12.2 Å². The maximum atomic E-state index is 12.3. The molecule has 3 atom stereocenters. The number of hydrogen-bond acceptors (Lipinski definition) is 9. The Morgan fingerprint density at radius 3 is 1.13 bits per heavy atom. The van der Waals surface area contributed by atoms with Gasteiger partial charge < -0.3 is 24.6 Å². The first kappa shape index (κ1) is 52.5. The van der Waals surface area contributed by atoms with Crippen LogP contribution in [0.3, 0.4) is 0 Å². The summed E-state index contributed by atoms with van der Waals surface area (Å²) < 4.78 is 32.5. The Morgan fingerprint density at radius 1 is 0.481 bits per heavy atom. The van der Waals surface area contributed by atoms with Crippen molar-refractivity contribution in [2.45, 2.75) is 212 Å². The Hall–Kier alpha value is -1.55. The summed E-state index contributed by atoms with van der Waals surface area (Å²) in [6.07, 6.45) is 38.8. The quantitative estimate of drug-likeness (QED) is 0.0236. The van der Waals surface area contributed by atoms with E-state index in [0.717, 1.165) is 64.2 Å². The lowest BCUT2D eigenvalue weighted by molar-refractivity contribution is -0.153. The Labute approximate surface area is 329 Å². The second-order valence-electron chi connectivity index (χ2n) is 14.7. The summed E-state index contributed by atoms with van der Waals surface area (Å²) in [5.74, 6) is -1.03. The highest BCUT2D eigenvalue weighted by atomic mass is 31.2. The number of aliphatic hydroxyl groups is 2. The molecular formula is C43H81O10P. The Morgan fingerprint density at radius 2 is 0.796 bits per heavy atom. The molecule has 0 saturated heterocycles. The van der Waals surface area contributed by atoms with Crippen LogP contribution >= 0.6 is 7.82 Å². The van der Waals surface area contributed by atoms with Gasteiger partial charge in [0, 0.05) is 12.8 Å². The predicted molar refractivity (Wildman–Crippen MR) is 219 cm³/mol. The minimum Gasteiger partial charge on any atom is -0.457 e. The van der Waals surface area contributed by atoms with Gasteiger partial charge in [-0.2, -0.15) is 0 Å². The standard InChI is InChI=1S/C43H81O10P/c1-3-5-7-9-11-13-15-16-17-18-19-20-21-22-23-24-25-27-29-31-33-35-43(47)53-41(37-45)39-51-54(48,49)50-38-40(36-44)52-42(46)34-32-30-28-26-14-12-10-8-6-4-2/h8,10,18-19,40-41,44-45H,3-7,9,11-17,20-39H2,1-2H3,(H,48,49)/b10-8-,19-18-. The molecule has 0 spiro atoms. The number of allylic oxidation sites excluding steroid dienone is 4. The molecule has 0 rings (SSSR count). The summed E-state index contributed by atoms with van der Waals surface area (Å²) in [4.78, 5) is 34.4. The topological polar surface area (TPSA) is 149 Å². The van der Waals surface area contributed by atoms with E-state index >= 15 is 0 Å². The first-order valence-electron chi connectivity index (χ1n) is 21.8. The van der Waals surface area contributed by atoms with Crippen molar-refractivity contribution in [3.05, 3.63) is 24.3 Å². The number of carbonyl (C=O) groups is 2. The van der Waals surface area contributed by atoms with Crippen LogP contribution in [0.5, 0.6) is 0 Å². The largest absolute Gasteiger partial charge is 0.472 e. The van der Waals surface area contributed by atoms with Crippen LogP contribution in [0.2, 0.25) is 0 Å². The number of carbonyl (C=O) groups excluding carboxylic acids is 2. The van der Waals surface area contributed by atoms with Crippen molar-refractivity contribution in [2.75, 3.05) is 26.4 Å². The van der Waals surface area contributed by atoms with Gasteiger partial charge in [0.05, 0.1) is 26.4 Å². The van der Waals surface area contributed by atoms with Gasteiger partial charge in [0.15, 0.2) is 0 Å². The predicted octanol–water partition coefficient (Wildman–Crippen LogP) is 11.4. The fourth-order valence-electron chi connectivity index (χ4n) is 5.99. The van der Waals surface area contributed by atoms with E-state index in [1.165, 1.54) is 96.3 Å². The van der Waals surface area contributed by atoms with Crippen LogP contribution in [0.15, 0.2) is 24.3 Å². The van der Waals surface area contributed by atoms with Crippen LogP contribution in [-0.4, -0.2) is 65.7 Å². The summed E-state index contributed by atoms with van der Waals surface area (Å²) >= 11 is 0. The van der Waals surface area contributed by atoms with Gasteiger partial charge in [0.25, 0.3) is 0 Å². The van der Waals surface area contributed by atoms with Gasteiger partial charge in [-0.3, -0.25) is 18.6 Å². The lowest BCUT2D eigenvalue weighted by Gasteiger charge is -2.20. The molecule has 0 aromatic heterocycles. The molecule has 0 amide bonds. The summed E-state index contributed by atoms with van der Waals surface area (Å²) in [6, 6.07) is 0. The lowest BCUT2D eigenvalue weighted by Crippen LogP contribution is -2.28. The molecular weight excluding hydrogens is 707 g/mol. The average Bonchev–Trinajstić information content (AvgIpc) is 3.16. The molecule has 10 nitrogen and oxygen atoms in total. The van der Waals surface area contributed by atoms with Crippen molar-refractivity contribution in [1.82, 2.24) is 0 Å². The summed E-state index contributed by atoms with van der Waals surface area (Å²) in [6.45, 7) is 2.14. The van der Waals surface area contributed by atoms with Gasteiger partial charge in [-0.1, -0.05) is 154 Å². The van der Waals surface area contributed by atoms with Crippen molar-refractivity contribution in [3.63, 3.8) is 0 Å². The number of hydrogen-bond donors (Lipinski definition) is 3. The maximum Gasteiger partial charge on any atom is 0.472 e. The number of phosphoric ester groups is 1. The summed E-state index contributed by atoms with van der Waals surface area (Å²) in [5.41, 5.74) is 0. The molecule has 0 aliphatic rings. The first-order chi connectivity index (χ1) is 26.3. The molecule has 0 heterocycles. The van der Waals surface area contributed by atoms with E-state index in [-0.39, 0.29) is 12.8 Å². The van der Waals surface area contributed by atoms with E-state index in [1.807, 2.05) is 0 Å². The third-order valence-corrected chi connectivity index (χ3v) is 10.3. The summed E-state index contributed by atoms with van der Waals surface area (Å²) in [7, 11) is -4.63. The van der Waals surface area contributed by atoms with Crippen LogP contribution in [0.4, 0.5) is 0 Å². The zero-order valence-corrected chi connectivity index (χ0v) is 35.3. The molecule has 0 aromatic carbocycles. The van der Waals surface area contributed by atoms with Crippen molar-refractivity contribution < 1.29 is 47.8 Å². The molecule has 0 aliphatic carbocycles. The fraction of sp³-hybridized carbons (Fsp3) is 0.860. The smallest absolute Gasteiger partial charge is 0.457 e. The maximum absolute atomic E-state index is 12.3. The molecule has 0 bridgehead atoms. The molecule has 0 saturated carbocycles. The molecule has 3 N–H and O–H groups in total. The van der Waals surface area contributed by atoms with Crippen LogP contribution in [0.25, 0.3) is 0 Å². The average molecular weight is 789 g/mol. The highest BCUT2D eigenvalue weighted by molar-refractivity contribution is 7.47. The normalized spacial score (nSPS) is 14.1. The third kappa shape index (κ3) is 37.4. The number of esters is 2. The molecule has 54 heavy (non-hydrogen) atoms. The highest BCUT2D eigenvalue weighted by Gasteiger charge is 2.27. The van der Waals surface area contributed by atoms with Gasteiger partial charge in [-0.15, -0.1) is 0 Å². The van der Waals surface area contributed by atoms with E-state index in [1.54, 1.807) is 0 Å². The number of phosphoric acid groups is 1. The van der Waals surface area contributed by atoms with E-state index in [4.69, 9.17) is 18.5 Å². The number of unbranched alkanes of at least 4 members (excludes halogenated alkanes) is 23. The molecule has 0 fully saturated rings. The van der Waals surface area contributed by atoms with Gasteiger partial charge in [-0.05, 0) is 57.8 Å². The first-order valence-corrected chi connectivity index (χ1v) is 23.3. The van der Waals surface area contributed by atoms with Crippen molar-refractivity contribution >= 4 is 19.8 Å². The minimum atomic E-state index is -4.63.